The zero-order chi connectivity index (χ0) is 54.3. The quantitative estimate of drug-likeness (QED) is 0.0261. The van der Waals surface area contributed by atoms with Crippen LogP contribution in [-0.2, 0) is 28.6 Å². The zero-order valence-corrected chi connectivity index (χ0v) is 49.6. The van der Waals surface area contributed by atoms with Crippen LogP contribution in [-0.4, -0.2) is 37.2 Å². The van der Waals surface area contributed by atoms with Crippen LogP contribution in [0.1, 0.15) is 316 Å². The first-order valence-corrected chi connectivity index (χ1v) is 32.1. The van der Waals surface area contributed by atoms with Gasteiger partial charge in [-0.3, -0.25) is 14.4 Å². The minimum atomic E-state index is -0.793. The lowest BCUT2D eigenvalue weighted by Gasteiger charge is -2.18. The molecule has 6 heteroatoms. The minimum Gasteiger partial charge on any atom is -0.462 e. The van der Waals surface area contributed by atoms with E-state index in [4.69, 9.17) is 14.2 Å². The summed E-state index contributed by atoms with van der Waals surface area (Å²) in [5, 5.41) is 0. The van der Waals surface area contributed by atoms with Crippen molar-refractivity contribution < 1.29 is 28.6 Å². The summed E-state index contributed by atoms with van der Waals surface area (Å²) in [5.41, 5.74) is 0. The highest BCUT2D eigenvalue weighted by molar-refractivity contribution is 5.71. The van der Waals surface area contributed by atoms with Gasteiger partial charge < -0.3 is 14.2 Å². The normalized spacial score (nSPS) is 12.6. The molecule has 1 unspecified atom stereocenters. The van der Waals surface area contributed by atoms with E-state index in [1.54, 1.807) is 0 Å². The lowest BCUT2D eigenvalue weighted by molar-refractivity contribution is -0.167. The van der Waals surface area contributed by atoms with Gasteiger partial charge in [0.1, 0.15) is 13.2 Å². The van der Waals surface area contributed by atoms with Crippen molar-refractivity contribution in [2.75, 3.05) is 13.2 Å². The summed E-state index contributed by atoms with van der Waals surface area (Å²) in [5.74, 6) is -0.909. The third-order valence-corrected chi connectivity index (χ3v) is 13.9. The Kier molecular flexibility index (Phi) is 60.3. The Labute approximate surface area is 465 Å². The second-order valence-electron chi connectivity index (χ2n) is 21.3. The van der Waals surface area contributed by atoms with E-state index in [-0.39, 0.29) is 31.1 Å². The van der Waals surface area contributed by atoms with E-state index in [0.29, 0.717) is 19.3 Å². The predicted molar refractivity (Wildman–Crippen MR) is 325 cm³/mol. The van der Waals surface area contributed by atoms with Gasteiger partial charge in [-0.1, -0.05) is 286 Å². The third-order valence-electron chi connectivity index (χ3n) is 13.9. The van der Waals surface area contributed by atoms with E-state index in [9.17, 15) is 14.4 Å². The average molecular weight is 1050 g/mol. The van der Waals surface area contributed by atoms with Crippen LogP contribution in [0.4, 0.5) is 0 Å². The van der Waals surface area contributed by atoms with Crippen LogP contribution in [0, 0.1) is 0 Å². The first kappa shape index (κ1) is 71.6. The van der Waals surface area contributed by atoms with Crippen molar-refractivity contribution in [2.45, 2.75) is 322 Å². The smallest absolute Gasteiger partial charge is 0.306 e. The second kappa shape index (κ2) is 63.1. The molecule has 6 nitrogen and oxygen atoms in total. The number of esters is 3. The largest absolute Gasteiger partial charge is 0.462 e. The summed E-state index contributed by atoms with van der Waals surface area (Å²) in [6.07, 6.45) is 83.0. The Bertz CT molecular complexity index is 1430. The molecule has 0 fully saturated rings. The van der Waals surface area contributed by atoms with Gasteiger partial charge >= 0.3 is 17.9 Å². The molecule has 0 aliphatic carbocycles. The van der Waals surface area contributed by atoms with E-state index < -0.39 is 6.10 Å². The molecular weight excluding hydrogens is 925 g/mol. The maximum atomic E-state index is 12.9. The Hall–Kier alpha value is -3.41. The number of carbonyl (C=O) groups excluding carboxylic acids is 3. The fourth-order valence-electron chi connectivity index (χ4n) is 9.09. The van der Waals surface area contributed by atoms with E-state index in [2.05, 4.69) is 106 Å². The van der Waals surface area contributed by atoms with Crippen molar-refractivity contribution in [3.63, 3.8) is 0 Å². The molecule has 432 valence electrons. The number of hydrogen-bond acceptors (Lipinski definition) is 6. The van der Waals surface area contributed by atoms with E-state index in [0.717, 1.165) is 103 Å². The summed E-state index contributed by atoms with van der Waals surface area (Å²) in [7, 11) is 0. The predicted octanol–water partition coefficient (Wildman–Crippen LogP) is 21.9. The maximum Gasteiger partial charge on any atom is 0.306 e. The molecule has 1 atom stereocenters. The van der Waals surface area contributed by atoms with Crippen molar-refractivity contribution in [2.24, 2.45) is 0 Å². The summed E-state index contributed by atoms with van der Waals surface area (Å²) in [6, 6.07) is 0. The molecule has 0 aliphatic rings. The number of rotatable bonds is 58. The van der Waals surface area contributed by atoms with Crippen molar-refractivity contribution in [3.8, 4) is 0 Å². The van der Waals surface area contributed by atoms with Gasteiger partial charge in [-0.15, -0.1) is 0 Å². The molecule has 0 saturated carbocycles. The van der Waals surface area contributed by atoms with Crippen LogP contribution in [0.2, 0.25) is 0 Å². The third kappa shape index (κ3) is 61.3. The second-order valence-corrected chi connectivity index (χ2v) is 21.3. The molecular formula is C69H120O6. The van der Waals surface area contributed by atoms with Gasteiger partial charge in [0.2, 0.25) is 0 Å². The van der Waals surface area contributed by atoms with E-state index >= 15 is 0 Å². The van der Waals surface area contributed by atoms with E-state index in [1.165, 1.54) is 173 Å². The molecule has 0 N–H and O–H groups in total. The monoisotopic (exact) mass is 1040 g/mol. The number of unbranched alkanes of at least 4 members (excludes halogenated alkanes) is 33. The Balaban J connectivity index is 4.42. The van der Waals surface area contributed by atoms with Crippen molar-refractivity contribution in [1.29, 1.82) is 0 Å². The minimum absolute atomic E-state index is 0.0863. The molecule has 0 aromatic heterocycles. The maximum absolute atomic E-state index is 12.9. The molecule has 0 aromatic rings. The number of allylic oxidation sites excluding steroid dienone is 14. The average Bonchev–Trinajstić information content (AvgIpc) is 3.41. The van der Waals surface area contributed by atoms with Gasteiger partial charge in [-0.2, -0.15) is 0 Å². The highest BCUT2D eigenvalue weighted by Gasteiger charge is 2.19. The molecule has 0 saturated heterocycles. The fourth-order valence-corrected chi connectivity index (χ4v) is 9.09. The Morgan fingerprint density at radius 2 is 0.520 bits per heavy atom. The number of carbonyl (C=O) groups is 3. The highest BCUT2D eigenvalue weighted by Crippen LogP contribution is 2.17. The lowest BCUT2D eigenvalue weighted by atomic mass is 10.0. The topological polar surface area (TPSA) is 78.9 Å². The molecule has 0 aliphatic heterocycles. The SMILES string of the molecule is CC/C=C\C/C=C\C/C=C\C/C=C\C/C=C\CCCCCC(=O)OCC(COC(=O)CCCCCCCCCCCCCCCCCCCCC)OC(=O)CCCCCCCCCCC/C=C\C/C=C\CCCCC. The molecule has 0 spiro atoms. The van der Waals surface area contributed by atoms with Gasteiger partial charge in [0.15, 0.2) is 6.10 Å². The van der Waals surface area contributed by atoms with Crippen molar-refractivity contribution in [3.05, 3.63) is 85.1 Å². The van der Waals surface area contributed by atoms with Crippen molar-refractivity contribution in [1.82, 2.24) is 0 Å². The molecule has 0 heterocycles. The van der Waals surface area contributed by atoms with Gasteiger partial charge in [-0.05, 0) is 96.3 Å². The Morgan fingerprint density at radius 1 is 0.280 bits per heavy atom. The van der Waals surface area contributed by atoms with Crippen LogP contribution in [0.3, 0.4) is 0 Å². The van der Waals surface area contributed by atoms with Crippen molar-refractivity contribution >= 4 is 17.9 Å². The zero-order valence-electron chi connectivity index (χ0n) is 49.6. The lowest BCUT2D eigenvalue weighted by Crippen LogP contribution is -2.30. The van der Waals surface area contributed by atoms with Crippen LogP contribution in [0.15, 0.2) is 85.1 Å². The molecule has 0 radical (unpaired) electrons. The molecule has 75 heavy (non-hydrogen) atoms. The van der Waals surface area contributed by atoms with Gasteiger partial charge in [0.05, 0.1) is 0 Å². The van der Waals surface area contributed by atoms with Gasteiger partial charge in [0, 0.05) is 19.3 Å². The summed E-state index contributed by atoms with van der Waals surface area (Å²) in [4.78, 5) is 38.3. The standard InChI is InChI=1S/C69H120O6/c1-4-7-10-13-16-19-22-25-28-31-34-37-40-43-46-49-52-55-58-61-67(70)73-64-66(75-69(72)63-60-57-54-51-48-45-42-39-36-33-30-27-24-21-18-15-12-9-6-3)65-74-68(71)62-59-56-53-50-47-44-41-38-35-32-29-26-23-20-17-14-11-8-5-2/h7,10,16,18-19,21,25,27-28,30,34,37,43,46,66H,4-6,8-9,11-15,17,20,22-24,26,29,31-33,35-36,38-42,44-45,47-65H2,1-3H3/b10-7-,19-16-,21-18-,28-25-,30-27-,37-34-,46-43-. The summed E-state index contributed by atoms with van der Waals surface area (Å²) in [6.45, 7) is 6.51. The summed E-state index contributed by atoms with van der Waals surface area (Å²) >= 11 is 0. The number of hydrogen-bond donors (Lipinski definition) is 0. The van der Waals surface area contributed by atoms with Crippen LogP contribution in [0.5, 0.6) is 0 Å². The van der Waals surface area contributed by atoms with Crippen LogP contribution >= 0.6 is 0 Å². The fraction of sp³-hybridized carbons (Fsp3) is 0.754. The van der Waals surface area contributed by atoms with Gasteiger partial charge in [0.25, 0.3) is 0 Å². The number of ether oxygens (including phenoxy) is 3. The van der Waals surface area contributed by atoms with Crippen LogP contribution < -0.4 is 0 Å². The first-order chi connectivity index (χ1) is 37.0. The molecule has 0 rings (SSSR count). The molecule has 0 amide bonds. The van der Waals surface area contributed by atoms with Gasteiger partial charge in [-0.25, -0.2) is 0 Å². The highest BCUT2D eigenvalue weighted by atomic mass is 16.6. The van der Waals surface area contributed by atoms with Crippen LogP contribution in [0.25, 0.3) is 0 Å². The molecule has 0 bridgehead atoms. The Morgan fingerprint density at radius 3 is 0.853 bits per heavy atom. The molecule has 0 aromatic carbocycles. The first-order valence-electron chi connectivity index (χ1n) is 32.1. The van der Waals surface area contributed by atoms with E-state index in [1.807, 2.05) is 0 Å². The summed E-state index contributed by atoms with van der Waals surface area (Å²) < 4.78 is 16.9.